The lowest BCUT2D eigenvalue weighted by Crippen LogP contribution is -2.56. The second-order valence-electron chi connectivity index (χ2n) is 9.81. The molecule has 5 rings (SSSR count). The van der Waals surface area contributed by atoms with Gasteiger partial charge in [0.1, 0.15) is 17.1 Å². The Labute approximate surface area is 206 Å². The van der Waals surface area contributed by atoms with Crippen LogP contribution >= 0.6 is 0 Å². The molecule has 8 nitrogen and oxygen atoms in total. The molecule has 0 spiro atoms. The van der Waals surface area contributed by atoms with Crippen molar-refractivity contribution in [2.45, 2.75) is 38.7 Å². The summed E-state index contributed by atoms with van der Waals surface area (Å²) >= 11 is 0. The van der Waals surface area contributed by atoms with Gasteiger partial charge in [0, 0.05) is 23.5 Å². The van der Waals surface area contributed by atoms with Crippen molar-refractivity contribution in [2.75, 3.05) is 0 Å². The molecule has 0 saturated carbocycles. The Kier molecular flexibility index (Phi) is 5.26. The quantitative estimate of drug-likeness (QED) is 0.383. The molecule has 0 bridgehead atoms. The maximum absolute atomic E-state index is 13.8. The summed E-state index contributed by atoms with van der Waals surface area (Å²) in [7, 11) is 0. The van der Waals surface area contributed by atoms with Gasteiger partial charge in [0.25, 0.3) is 5.91 Å². The topological polar surface area (TPSA) is 155 Å². The third-order valence-electron chi connectivity index (χ3n) is 7.91. The van der Waals surface area contributed by atoms with Gasteiger partial charge in [-0.1, -0.05) is 30.3 Å². The van der Waals surface area contributed by atoms with Crippen LogP contribution in [-0.2, 0) is 16.0 Å². The number of carbonyl (C=O) groups is 4. The minimum atomic E-state index is -2.15. The molecule has 3 aliphatic carbocycles. The van der Waals surface area contributed by atoms with Crippen LogP contribution in [0.25, 0.3) is 11.1 Å². The summed E-state index contributed by atoms with van der Waals surface area (Å²) in [6.45, 7) is 2.96. The predicted octanol–water partition coefficient (Wildman–Crippen LogP) is 2.95. The molecule has 0 unspecified atom stereocenters. The van der Waals surface area contributed by atoms with Gasteiger partial charge in [-0.3, -0.25) is 19.2 Å². The molecular formula is C28H25NO7. The number of phenolic OH excluding ortho intramolecular Hbond substituents is 1. The highest BCUT2D eigenvalue weighted by atomic mass is 16.3. The Morgan fingerprint density at radius 1 is 1.03 bits per heavy atom. The van der Waals surface area contributed by atoms with E-state index in [1.54, 1.807) is 30.3 Å². The Morgan fingerprint density at radius 3 is 2.31 bits per heavy atom. The van der Waals surface area contributed by atoms with Crippen LogP contribution in [0.1, 0.15) is 53.0 Å². The summed E-state index contributed by atoms with van der Waals surface area (Å²) in [5.41, 5.74) is 5.67. The van der Waals surface area contributed by atoms with E-state index >= 15 is 0 Å². The zero-order valence-electron chi connectivity index (χ0n) is 19.8. The largest absolute Gasteiger partial charge is 0.511 e. The van der Waals surface area contributed by atoms with Gasteiger partial charge >= 0.3 is 0 Å². The molecule has 184 valence electrons. The first-order chi connectivity index (χ1) is 17.0. The number of ketones is 3. The lowest BCUT2D eigenvalue weighted by molar-refractivity contribution is -0.140. The molecule has 2 aromatic rings. The number of fused-ring (bicyclic) bond motifs is 3. The van der Waals surface area contributed by atoms with Crippen molar-refractivity contribution in [3.05, 3.63) is 75.6 Å². The van der Waals surface area contributed by atoms with Gasteiger partial charge in [0.2, 0.25) is 5.78 Å². The van der Waals surface area contributed by atoms with Crippen LogP contribution in [0.15, 0.2) is 58.9 Å². The zero-order chi connectivity index (χ0) is 26.1. The van der Waals surface area contributed by atoms with Crippen LogP contribution < -0.4 is 5.73 Å². The van der Waals surface area contributed by atoms with Gasteiger partial charge in [0.05, 0.1) is 5.56 Å². The summed E-state index contributed by atoms with van der Waals surface area (Å²) in [6, 6.07) is 10.1. The smallest absolute Gasteiger partial charge is 0.255 e. The number of primary amides is 1. The Bertz CT molecular complexity index is 1450. The molecule has 0 saturated heterocycles. The number of allylic oxidation sites excluding steroid dienone is 2. The van der Waals surface area contributed by atoms with E-state index in [4.69, 9.17) is 5.73 Å². The SMILES string of the molecule is CC(=O)c1ccc(-c2ccc(O)c3c2C[C@H]2C[C@H]4CC(O)=C(C(N)=O)C(=O)[C@@]4(O)C(C)=C2C3=O)cc1. The van der Waals surface area contributed by atoms with Gasteiger partial charge in [0.15, 0.2) is 17.2 Å². The van der Waals surface area contributed by atoms with Crippen molar-refractivity contribution < 1.29 is 34.5 Å². The average Bonchev–Trinajstić information content (AvgIpc) is 2.81. The van der Waals surface area contributed by atoms with Crippen LogP contribution in [0.4, 0.5) is 0 Å². The molecule has 2 aromatic carbocycles. The standard InChI is InChI=1S/C28H25NO7/c1-12-22-16(9-17-11-21(32)24(27(29)35)26(34)28(12,17)36)10-19-18(7-8-20(31)23(19)25(22)33)15-5-3-14(4-6-15)13(2)30/h3-8,16-17,31-32,36H,9-11H2,1-2H3,(H2,29,35)/t16-,17+,28-/m1/s1. The maximum Gasteiger partial charge on any atom is 0.255 e. The molecule has 36 heavy (non-hydrogen) atoms. The Hall–Kier alpha value is -4.04. The van der Waals surface area contributed by atoms with Crippen molar-refractivity contribution in [2.24, 2.45) is 17.6 Å². The summed E-state index contributed by atoms with van der Waals surface area (Å²) in [5, 5.41) is 32.6. The third kappa shape index (κ3) is 3.18. The molecule has 8 heteroatoms. The van der Waals surface area contributed by atoms with Gasteiger partial charge in [-0.05, 0) is 60.9 Å². The van der Waals surface area contributed by atoms with Crippen molar-refractivity contribution >= 4 is 23.3 Å². The molecule has 0 heterocycles. The molecule has 0 aliphatic heterocycles. The molecule has 3 aliphatic rings. The maximum atomic E-state index is 13.8. The molecule has 0 radical (unpaired) electrons. The number of benzene rings is 2. The number of phenols is 1. The number of amides is 1. The fourth-order valence-electron chi connectivity index (χ4n) is 6.13. The highest BCUT2D eigenvalue weighted by Gasteiger charge is 2.57. The van der Waals surface area contributed by atoms with E-state index in [0.29, 0.717) is 17.5 Å². The third-order valence-corrected chi connectivity index (χ3v) is 7.91. The van der Waals surface area contributed by atoms with Crippen molar-refractivity contribution in [3.8, 4) is 16.9 Å². The average molecular weight is 488 g/mol. The molecule has 1 amide bonds. The number of nitrogens with two attached hydrogens (primary N) is 1. The first kappa shape index (κ1) is 23.7. The minimum Gasteiger partial charge on any atom is -0.511 e. The van der Waals surface area contributed by atoms with Crippen LogP contribution in [-0.4, -0.2) is 44.2 Å². The second-order valence-corrected chi connectivity index (χ2v) is 9.81. The fourth-order valence-corrected chi connectivity index (χ4v) is 6.13. The Morgan fingerprint density at radius 2 is 1.69 bits per heavy atom. The first-order valence-corrected chi connectivity index (χ1v) is 11.7. The van der Waals surface area contributed by atoms with E-state index in [1.807, 2.05) is 0 Å². The van der Waals surface area contributed by atoms with E-state index in [1.165, 1.54) is 19.9 Å². The van der Waals surface area contributed by atoms with Crippen LogP contribution in [0.5, 0.6) is 5.75 Å². The van der Waals surface area contributed by atoms with Gasteiger partial charge in [-0.2, -0.15) is 0 Å². The number of Topliss-reactive ketones (excluding diaryl/α,β-unsaturated/α-hetero) is 3. The number of aliphatic hydroxyl groups is 2. The number of rotatable bonds is 3. The molecular weight excluding hydrogens is 462 g/mol. The summed E-state index contributed by atoms with van der Waals surface area (Å²) in [4.78, 5) is 50.4. The molecule has 3 atom stereocenters. The number of aromatic hydroxyl groups is 1. The number of hydrogen-bond donors (Lipinski definition) is 4. The van der Waals surface area contributed by atoms with Crippen molar-refractivity contribution in [3.63, 3.8) is 0 Å². The van der Waals surface area contributed by atoms with Gasteiger partial charge in [-0.15, -0.1) is 0 Å². The number of carbonyl (C=O) groups excluding carboxylic acids is 4. The fraction of sp³-hybridized carbons (Fsp3) is 0.286. The molecule has 0 aromatic heterocycles. The lowest BCUT2D eigenvalue weighted by Gasteiger charge is -2.47. The predicted molar refractivity (Wildman–Crippen MR) is 129 cm³/mol. The van der Waals surface area contributed by atoms with E-state index in [9.17, 15) is 34.5 Å². The van der Waals surface area contributed by atoms with E-state index < -0.39 is 40.3 Å². The minimum absolute atomic E-state index is 0.0665. The summed E-state index contributed by atoms with van der Waals surface area (Å²) in [5.74, 6) is -4.48. The van der Waals surface area contributed by atoms with Gasteiger partial charge < -0.3 is 21.1 Å². The van der Waals surface area contributed by atoms with Crippen molar-refractivity contribution in [1.82, 2.24) is 0 Å². The number of hydrogen-bond acceptors (Lipinski definition) is 7. The van der Waals surface area contributed by atoms with E-state index in [2.05, 4.69) is 0 Å². The number of aliphatic hydroxyl groups excluding tert-OH is 1. The van der Waals surface area contributed by atoms with Crippen molar-refractivity contribution in [1.29, 1.82) is 0 Å². The highest BCUT2D eigenvalue weighted by molar-refractivity contribution is 6.24. The van der Waals surface area contributed by atoms with Crippen LogP contribution in [0.2, 0.25) is 0 Å². The van der Waals surface area contributed by atoms with Gasteiger partial charge in [-0.25, -0.2) is 0 Å². The van der Waals surface area contributed by atoms with Crippen LogP contribution in [0.3, 0.4) is 0 Å². The lowest BCUT2D eigenvalue weighted by atomic mass is 9.58. The van der Waals surface area contributed by atoms with Crippen LogP contribution in [0, 0.1) is 11.8 Å². The van der Waals surface area contributed by atoms with E-state index in [0.717, 1.165) is 11.1 Å². The highest BCUT2D eigenvalue weighted by Crippen LogP contribution is 2.52. The summed E-state index contributed by atoms with van der Waals surface area (Å²) < 4.78 is 0. The normalized spacial score (nSPS) is 25.3. The monoisotopic (exact) mass is 487 g/mol. The summed E-state index contributed by atoms with van der Waals surface area (Å²) in [6.07, 6.45) is 0.455. The second kappa shape index (κ2) is 7.99. The zero-order valence-corrected chi connectivity index (χ0v) is 19.8. The van der Waals surface area contributed by atoms with E-state index in [-0.39, 0.29) is 47.0 Å². The molecule has 5 N–H and O–H groups in total. The molecule has 0 fully saturated rings. The first-order valence-electron chi connectivity index (χ1n) is 11.7. The Balaban J connectivity index is 1.65.